The highest BCUT2D eigenvalue weighted by molar-refractivity contribution is 7.92. The van der Waals surface area contributed by atoms with Gasteiger partial charge in [-0.15, -0.1) is 0 Å². The Bertz CT molecular complexity index is 1150. The van der Waals surface area contributed by atoms with Crippen molar-refractivity contribution in [1.29, 1.82) is 0 Å². The third-order valence-electron chi connectivity index (χ3n) is 6.63. The van der Waals surface area contributed by atoms with Crippen LogP contribution in [-0.4, -0.2) is 32.9 Å². The molecule has 0 radical (unpaired) electrons. The Labute approximate surface area is 179 Å². The summed E-state index contributed by atoms with van der Waals surface area (Å²) < 4.78 is 16.9. The summed E-state index contributed by atoms with van der Waals surface area (Å²) in [5.41, 5.74) is 5.21. The number of H-pyrrole nitrogens is 1. The van der Waals surface area contributed by atoms with Gasteiger partial charge in [0.15, 0.2) is 0 Å². The molecule has 2 fully saturated rings. The largest absolute Gasteiger partial charge is 0.593 e. The van der Waals surface area contributed by atoms with Gasteiger partial charge in [0, 0.05) is 54.7 Å². The molecule has 2 aliphatic rings. The fraction of sp³-hybridized carbons (Fsp3) is 0.435. The lowest BCUT2D eigenvalue weighted by Crippen LogP contribution is -2.36. The van der Waals surface area contributed by atoms with Crippen molar-refractivity contribution in [2.24, 2.45) is 12.5 Å². The van der Waals surface area contributed by atoms with Crippen molar-refractivity contribution in [2.75, 3.05) is 28.5 Å². The second kappa shape index (κ2) is 7.39. The van der Waals surface area contributed by atoms with Gasteiger partial charge in [0.05, 0.1) is 17.0 Å². The number of hydrogen-bond acceptors (Lipinski definition) is 4. The first-order valence-electron chi connectivity index (χ1n) is 10.7. The van der Waals surface area contributed by atoms with E-state index in [0.717, 1.165) is 35.3 Å². The van der Waals surface area contributed by atoms with Gasteiger partial charge in [0.2, 0.25) is 0 Å². The van der Waals surface area contributed by atoms with Gasteiger partial charge in [-0.3, -0.25) is 4.79 Å². The molecule has 2 N–H and O–H groups in total. The molecule has 3 aromatic rings. The van der Waals surface area contributed by atoms with Gasteiger partial charge in [-0.25, -0.2) is 4.72 Å². The minimum absolute atomic E-state index is 0.0310. The van der Waals surface area contributed by atoms with E-state index < -0.39 is 11.4 Å². The molecule has 6 nitrogen and oxygen atoms in total. The van der Waals surface area contributed by atoms with Gasteiger partial charge in [-0.05, 0) is 62.3 Å². The SMILES string of the molecule is CC[S+]([O-])Nc1ccc(N2CCCC3(CC3)C2)c(-c2cn(C)c(=O)c3[nH]ccc23)c1. The maximum Gasteiger partial charge on any atom is 0.274 e. The Morgan fingerprint density at radius 3 is 2.83 bits per heavy atom. The van der Waals surface area contributed by atoms with E-state index in [-0.39, 0.29) is 5.56 Å². The van der Waals surface area contributed by atoms with Crippen LogP contribution in [0, 0.1) is 5.41 Å². The Balaban J connectivity index is 1.66. The highest BCUT2D eigenvalue weighted by Gasteiger charge is 2.45. The smallest absolute Gasteiger partial charge is 0.274 e. The van der Waals surface area contributed by atoms with Crippen LogP contribution < -0.4 is 15.2 Å². The van der Waals surface area contributed by atoms with Gasteiger partial charge in [-0.2, -0.15) is 0 Å². The van der Waals surface area contributed by atoms with Crippen LogP contribution in [0.3, 0.4) is 0 Å². The molecular formula is C23H28N4O2S. The Morgan fingerprint density at radius 1 is 1.23 bits per heavy atom. The van der Waals surface area contributed by atoms with E-state index in [1.54, 1.807) is 11.6 Å². The number of rotatable bonds is 5. The number of anilines is 2. The van der Waals surface area contributed by atoms with E-state index in [1.807, 2.05) is 31.5 Å². The predicted molar refractivity (Wildman–Crippen MR) is 124 cm³/mol. The number of hydrogen-bond donors (Lipinski definition) is 2. The molecule has 1 saturated carbocycles. The number of aromatic nitrogens is 2. The van der Waals surface area contributed by atoms with Crippen LogP contribution >= 0.6 is 0 Å². The monoisotopic (exact) mass is 424 g/mol. The summed E-state index contributed by atoms with van der Waals surface area (Å²) in [6.07, 6.45) is 8.95. The van der Waals surface area contributed by atoms with Crippen LogP contribution in [0.4, 0.5) is 11.4 Å². The molecule has 3 heterocycles. The summed E-state index contributed by atoms with van der Waals surface area (Å²) in [5.74, 6) is 0.549. The predicted octanol–water partition coefficient (Wildman–Crippen LogP) is 4.01. The van der Waals surface area contributed by atoms with E-state index in [1.165, 1.54) is 31.4 Å². The molecule has 0 bridgehead atoms. The number of nitrogens with zero attached hydrogens (tertiary/aromatic N) is 2. The molecule has 0 amide bonds. The molecular weight excluding hydrogens is 396 g/mol. The van der Waals surface area contributed by atoms with E-state index in [9.17, 15) is 9.35 Å². The molecule has 1 saturated heterocycles. The molecule has 1 spiro atoms. The van der Waals surface area contributed by atoms with Crippen LogP contribution in [0.2, 0.25) is 0 Å². The fourth-order valence-electron chi connectivity index (χ4n) is 4.78. The standard InChI is InChI=1S/C23H28N4O2S/c1-3-30(29)25-16-5-6-20(27-12-4-8-23(15-27)9-10-23)18(13-16)19-14-26(2)22(28)21-17(19)7-11-24-21/h5-7,11,13-14,24-25H,3-4,8-10,12,15H2,1-2H3. The number of pyridine rings is 1. The third-order valence-corrected chi connectivity index (χ3v) is 7.62. The molecule has 30 heavy (non-hydrogen) atoms. The normalized spacial score (nSPS) is 18.7. The highest BCUT2D eigenvalue weighted by atomic mass is 32.2. The summed E-state index contributed by atoms with van der Waals surface area (Å²) >= 11 is -1.11. The van der Waals surface area contributed by atoms with E-state index in [0.29, 0.717) is 16.7 Å². The molecule has 1 unspecified atom stereocenters. The first-order valence-corrected chi connectivity index (χ1v) is 12.0. The summed E-state index contributed by atoms with van der Waals surface area (Å²) in [7, 11) is 1.79. The summed E-state index contributed by atoms with van der Waals surface area (Å²) in [4.78, 5) is 18.2. The summed E-state index contributed by atoms with van der Waals surface area (Å²) in [6.45, 7) is 4.04. The summed E-state index contributed by atoms with van der Waals surface area (Å²) in [6, 6.07) is 8.23. The number of aromatic amines is 1. The first-order chi connectivity index (χ1) is 14.5. The van der Waals surface area contributed by atoms with Gasteiger partial charge >= 0.3 is 0 Å². The number of piperidine rings is 1. The Hall–Kier alpha value is -2.38. The van der Waals surface area contributed by atoms with Crippen molar-refractivity contribution in [3.8, 4) is 11.1 Å². The molecule has 2 aromatic heterocycles. The van der Waals surface area contributed by atoms with Crippen LogP contribution in [0.25, 0.3) is 22.0 Å². The third kappa shape index (κ3) is 3.40. The second-order valence-corrected chi connectivity index (χ2v) is 10.2. The lowest BCUT2D eigenvalue weighted by atomic mass is 9.93. The van der Waals surface area contributed by atoms with Gasteiger partial charge in [0.1, 0.15) is 11.3 Å². The molecule has 5 rings (SSSR count). The minimum Gasteiger partial charge on any atom is -0.593 e. The highest BCUT2D eigenvalue weighted by Crippen LogP contribution is 2.53. The quantitative estimate of drug-likeness (QED) is 0.607. The minimum atomic E-state index is -1.11. The van der Waals surface area contributed by atoms with Crippen molar-refractivity contribution >= 4 is 33.6 Å². The number of benzene rings is 1. The van der Waals surface area contributed by atoms with Gasteiger partial charge in [-0.1, -0.05) is 0 Å². The zero-order valence-corrected chi connectivity index (χ0v) is 18.3. The molecule has 1 aromatic carbocycles. The van der Waals surface area contributed by atoms with Crippen molar-refractivity contribution in [3.05, 3.63) is 47.0 Å². The van der Waals surface area contributed by atoms with Crippen molar-refractivity contribution in [1.82, 2.24) is 9.55 Å². The topological polar surface area (TPSA) is 76.1 Å². The Kier molecular flexibility index (Phi) is 4.82. The van der Waals surface area contributed by atoms with Crippen molar-refractivity contribution < 1.29 is 4.55 Å². The average molecular weight is 425 g/mol. The van der Waals surface area contributed by atoms with Gasteiger partial charge < -0.3 is 19.0 Å². The van der Waals surface area contributed by atoms with Crippen LogP contribution in [-0.2, 0) is 18.4 Å². The first kappa shape index (κ1) is 19.6. The lowest BCUT2D eigenvalue weighted by Gasteiger charge is -2.36. The molecule has 1 aliphatic heterocycles. The van der Waals surface area contributed by atoms with Crippen LogP contribution in [0.15, 0.2) is 41.5 Å². The van der Waals surface area contributed by atoms with Crippen molar-refractivity contribution in [3.63, 3.8) is 0 Å². The average Bonchev–Trinajstić information content (AvgIpc) is 3.30. The number of nitrogens with one attached hydrogen (secondary N) is 2. The Morgan fingerprint density at radius 2 is 2.07 bits per heavy atom. The maximum absolute atomic E-state index is 12.6. The van der Waals surface area contributed by atoms with E-state index in [4.69, 9.17) is 0 Å². The zero-order valence-electron chi connectivity index (χ0n) is 17.5. The number of fused-ring (bicyclic) bond motifs is 1. The molecule has 7 heteroatoms. The zero-order chi connectivity index (χ0) is 20.9. The number of aryl methyl sites for hydroxylation is 1. The van der Waals surface area contributed by atoms with E-state index in [2.05, 4.69) is 26.7 Å². The van der Waals surface area contributed by atoms with E-state index >= 15 is 0 Å². The molecule has 1 aliphatic carbocycles. The van der Waals surface area contributed by atoms with Crippen LogP contribution in [0.5, 0.6) is 0 Å². The summed E-state index contributed by atoms with van der Waals surface area (Å²) in [5, 5.41) is 0.922. The van der Waals surface area contributed by atoms with Crippen LogP contribution in [0.1, 0.15) is 32.6 Å². The lowest BCUT2D eigenvalue weighted by molar-refractivity contribution is 0.395. The van der Waals surface area contributed by atoms with Gasteiger partial charge in [0.25, 0.3) is 5.56 Å². The maximum atomic E-state index is 12.6. The fourth-order valence-corrected chi connectivity index (χ4v) is 5.31. The molecule has 1 atom stereocenters. The van der Waals surface area contributed by atoms with Crippen molar-refractivity contribution in [2.45, 2.75) is 32.6 Å². The second-order valence-electron chi connectivity index (χ2n) is 8.72. The molecule has 158 valence electrons.